The first-order chi connectivity index (χ1) is 15.1. The van der Waals surface area contributed by atoms with Crippen LogP contribution in [0.1, 0.15) is 27.0 Å². The summed E-state index contributed by atoms with van der Waals surface area (Å²) in [5.41, 5.74) is 3.06. The fraction of sp³-hybridized carbons (Fsp3) is 0.0952. The third-order valence-electron chi connectivity index (χ3n) is 4.26. The maximum atomic E-state index is 12.5. The summed E-state index contributed by atoms with van der Waals surface area (Å²) in [5.74, 6) is 0.397. The highest BCUT2D eigenvalue weighted by molar-refractivity contribution is 8.00. The molecule has 2 heterocycles. The van der Waals surface area contributed by atoms with Crippen LogP contribution in [0, 0.1) is 11.3 Å². The first-order valence-corrected chi connectivity index (χ1v) is 11.3. The predicted molar refractivity (Wildman–Crippen MR) is 121 cm³/mol. The second-order valence-electron chi connectivity index (χ2n) is 6.44. The number of amides is 1. The van der Waals surface area contributed by atoms with Crippen LogP contribution in [0.3, 0.4) is 0 Å². The van der Waals surface area contributed by atoms with Crippen molar-refractivity contribution >= 4 is 45.7 Å². The Morgan fingerprint density at radius 3 is 2.77 bits per heavy atom. The zero-order valence-corrected chi connectivity index (χ0v) is 18.4. The molecule has 0 saturated heterocycles. The van der Waals surface area contributed by atoms with Crippen molar-refractivity contribution in [2.24, 2.45) is 0 Å². The molecule has 1 amide bonds. The molecule has 0 spiro atoms. The van der Waals surface area contributed by atoms with Crippen molar-refractivity contribution in [3.63, 3.8) is 0 Å². The number of nitriles is 1. The molecule has 0 fully saturated rings. The van der Waals surface area contributed by atoms with Gasteiger partial charge in [-0.25, -0.2) is 0 Å². The molecule has 10 heteroatoms. The highest BCUT2D eigenvalue weighted by Crippen LogP contribution is 2.28. The van der Waals surface area contributed by atoms with E-state index in [0.717, 1.165) is 15.5 Å². The quantitative estimate of drug-likeness (QED) is 0.309. The highest BCUT2D eigenvalue weighted by atomic mass is 35.5. The van der Waals surface area contributed by atoms with Crippen LogP contribution >= 0.6 is 34.7 Å². The van der Waals surface area contributed by atoms with Crippen LogP contribution in [0.5, 0.6) is 0 Å². The molecule has 0 bridgehead atoms. The smallest absolute Gasteiger partial charge is 0.260 e. The van der Waals surface area contributed by atoms with E-state index in [-0.39, 0.29) is 5.91 Å². The van der Waals surface area contributed by atoms with Gasteiger partial charge in [-0.1, -0.05) is 65.0 Å². The summed E-state index contributed by atoms with van der Waals surface area (Å²) in [4.78, 5) is 12.5. The van der Waals surface area contributed by atoms with Crippen LogP contribution in [0.25, 0.3) is 0 Å². The number of anilines is 1. The number of thioether (sulfide) groups is 1. The minimum Gasteiger partial charge on any atom is -0.296 e. The minimum atomic E-state index is -0.301. The van der Waals surface area contributed by atoms with Gasteiger partial charge in [0.1, 0.15) is 0 Å². The number of nitrogens with one attached hydrogen (secondary N) is 1. The summed E-state index contributed by atoms with van der Waals surface area (Å²) in [7, 11) is 0. The van der Waals surface area contributed by atoms with Gasteiger partial charge < -0.3 is 0 Å². The Morgan fingerprint density at radius 2 is 2.00 bits per heavy atom. The van der Waals surface area contributed by atoms with Crippen molar-refractivity contribution in [1.82, 2.24) is 20.0 Å². The van der Waals surface area contributed by atoms with Gasteiger partial charge in [0.25, 0.3) is 5.91 Å². The highest BCUT2D eigenvalue weighted by Gasteiger charge is 2.13. The molecule has 4 rings (SSSR count). The molecule has 0 unspecified atom stereocenters. The number of benzene rings is 2. The van der Waals surface area contributed by atoms with Crippen molar-refractivity contribution in [3.05, 3.63) is 88.2 Å². The van der Waals surface area contributed by atoms with E-state index in [1.165, 1.54) is 29.3 Å². The zero-order chi connectivity index (χ0) is 21.6. The van der Waals surface area contributed by atoms with Crippen LogP contribution in [-0.4, -0.2) is 25.9 Å². The number of hydrogen-bond acceptors (Lipinski definition) is 7. The number of carbonyl (C=O) groups excluding carboxylic acids is 1. The minimum absolute atomic E-state index is 0.301. The van der Waals surface area contributed by atoms with Crippen molar-refractivity contribution in [2.75, 3.05) is 5.32 Å². The zero-order valence-electron chi connectivity index (χ0n) is 16.0. The Morgan fingerprint density at radius 1 is 1.19 bits per heavy atom. The van der Waals surface area contributed by atoms with Crippen LogP contribution < -0.4 is 5.32 Å². The van der Waals surface area contributed by atoms with Crippen molar-refractivity contribution in [1.29, 1.82) is 5.26 Å². The van der Waals surface area contributed by atoms with E-state index < -0.39 is 0 Å². The SMILES string of the molecule is N#Cc1ccc(CSc2nnc(NC(=O)c3cnn(Cc4ccccc4Cl)c3)s2)cc1. The molecular formula is C21H15ClN6OS2. The first-order valence-electron chi connectivity index (χ1n) is 9.13. The molecule has 154 valence electrons. The van der Waals surface area contributed by atoms with Crippen molar-refractivity contribution in [3.8, 4) is 6.07 Å². The normalized spacial score (nSPS) is 10.6. The Hall–Kier alpha value is -3.19. The number of carbonyl (C=O) groups is 1. The molecule has 0 radical (unpaired) electrons. The maximum absolute atomic E-state index is 12.5. The Kier molecular flexibility index (Phi) is 6.62. The second-order valence-corrected chi connectivity index (χ2v) is 9.05. The van der Waals surface area contributed by atoms with E-state index in [2.05, 4.69) is 26.7 Å². The number of aromatic nitrogens is 4. The lowest BCUT2D eigenvalue weighted by molar-refractivity contribution is 0.102. The third kappa shape index (κ3) is 5.49. The van der Waals surface area contributed by atoms with Crippen molar-refractivity contribution in [2.45, 2.75) is 16.6 Å². The molecule has 0 aliphatic carbocycles. The fourth-order valence-corrected chi connectivity index (χ4v) is 4.58. The van der Waals surface area contributed by atoms with E-state index in [9.17, 15) is 4.79 Å². The van der Waals surface area contributed by atoms with Crippen LogP contribution in [0.4, 0.5) is 5.13 Å². The Bertz CT molecular complexity index is 1250. The fourth-order valence-electron chi connectivity index (χ4n) is 2.68. The van der Waals surface area contributed by atoms with E-state index in [4.69, 9.17) is 16.9 Å². The third-order valence-corrected chi connectivity index (χ3v) is 6.67. The molecule has 0 aliphatic rings. The van der Waals surface area contributed by atoms with Gasteiger partial charge in [-0.2, -0.15) is 10.4 Å². The van der Waals surface area contributed by atoms with Gasteiger partial charge in [-0.15, -0.1) is 10.2 Å². The average molecular weight is 467 g/mol. The van der Waals surface area contributed by atoms with E-state index in [0.29, 0.717) is 33.6 Å². The standard InChI is InChI=1S/C21H15ClN6OS2/c22-18-4-2-1-3-16(18)11-28-12-17(10-24-28)19(29)25-20-26-27-21(31-20)30-13-15-7-5-14(9-23)6-8-15/h1-8,10,12H,11,13H2,(H,25,26,29). The largest absolute Gasteiger partial charge is 0.296 e. The lowest BCUT2D eigenvalue weighted by Crippen LogP contribution is -2.11. The summed E-state index contributed by atoms with van der Waals surface area (Å²) < 4.78 is 2.41. The summed E-state index contributed by atoms with van der Waals surface area (Å²) in [6, 6.07) is 17.0. The molecule has 0 atom stereocenters. The summed E-state index contributed by atoms with van der Waals surface area (Å²) in [6.45, 7) is 0.474. The number of nitrogens with zero attached hydrogens (tertiary/aromatic N) is 5. The Balaban J connectivity index is 1.33. The molecule has 2 aromatic carbocycles. The van der Waals surface area contributed by atoms with Gasteiger partial charge in [0.15, 0.2) is 4.34 Å². The number of halogens is 1. The van der Waals surface area contributed by atoms with Gasteiger partial charge in [0.2, 0.25) is 5.13 Å². The monoisotopic (exact) mass is 466 g/mol. The molecule has 0 aliphatic heterocycles. The van der Waals surface area contributed by atoms with Gasteiger partial charge in [-0.3, -0.25) is 14.8 Å². The van der Waals surface area contributed by atoms with Crippen LogP contribution in [0.2, 0.25) is 5.02 Å². The van der Waals surface area contributed by atoms with E-state index in [1.807, 2.05) is 36.4 Å². The second kappa shape index (κ2) is 9.75. The molecule has 31 heavy (non-hydrogen) atoms. The number of hydrogen-bond donors (Lipinski definition) is 1. The molecule has 2 aromatic heterocycles. The molecule has 1 N–H and O–H groups in total. The topological polar surface area (TPSA) is 96.5 Å². The van der Waals surface area contributed by atoms with Gasteiger partial charge in [0, 0.05) is 17.0 Å². The Labute approximate surface area is 191 Å². The first kappa shape index (κ1) is 21.1. The maximum Gasteiger partial charge on any atom is 0.260 e. The lowest BCUT2D eigenvalue weighted by atomic mass is 10.2. The van der Waals surface area contributed by atoms with Crippen molar-refractivity contribution < 1.29 is 4.79 Å². The van der Waals surface area contributed by atoms with Crippen LogP contribution in [-0.2, 0) is 12.3 Å². The average Bonchev–Trinajstić information content (AvgIpc) is 3.44. The lowest BCUT2D eigenvalue weighted by Gasteiger charge is -2.03. The molecule has 7 nitrogen and oxygen atoms in total. The van der Waals surface area contributed by atoms with Crippen LogP contribution in [0.15, 0.2) is 65.3 Å². The summed E-state index contributed by atoms with van der Waals surface area (Å²) in [5, 5.41) is 25.1. The summed E-state index contributed by atoms with van der Waals surface area (Å²) >= 11 is 9.01. The molecular weight excluding hydrogens is 452 g/mol. The molecule has 4 aromatic rings. The molecule has 0 saturated carbocycles. The van der Waals surface area contributed by atoms with Gasteiger partial charge in [0.05, 0.1) is 29.9 Å². The van der Waals surface area contributed by atoms with Gasteiger partial charge in [-0.05, 0) is 29.3 Å². The number of rotatable bonds is 7. The van der Waals surface area contributed by atoms with E-state index >= 15 is 0 Å². The predicted octanol–water partition coefficient (Wildman–Crippen LogP) is 4.85. The summed E-state index contributed by atoms with van der Waals surface area (Å²) in [6.07, 6.45) is 3.17. The van der Waals surface area contributed by atoms with Gasteiger partial charge >= 0.3 is 0 Å². The van der Waals surface area contributed by atoms with E-state index in [1.54, 1.807) is 23.0 Å².